The van der Waals surface area contributed by atoms with Crippen molar-refractivity contribution >= 4 is 12.1 Å². The molecule has 3 N–H and O–H groups in total. The van der Waals surface area contributed by atoms with Crippen molar-refractivity contribution < 1.29 is 28.9 Å². The second kappa shape index (κ2) is 15.1. The van der Waals surface area contributed by atoms with Gasteiger partial charge >= 0.3 is 12.1 Å². The SMILES string of the molecule is C1CCC(NC2CCCCC2)CC1.COc1cc(OC)cc(C(C)(C)OC(=O)NC(C(=O)O)C(C)C)c1. The fourth-order valence-corrected chi connectivity index (χ4v) is 4.99. The minimum atomic E-state index is -1.11. The highest BCUT2D eigenvalue weighted by atomic mass is 16.6. The summed E-state index contributed by atoms with van der Waals surface area (Å²) in [6, 6.07) is 5.89. The lowest BCUT2D eigenvalue weighted by Gasteiger charge is -2.30. The van der Waals surface area contributed by atoms with Gasteiger partial charge in [-0.2, -0.15) is 0 Å². The number of carboxylic acid groups (broad SMARTS) is 1. The maximum Gasteiger partial charge on any atom is 0.408 e. The summed E-state index contributed by atoms with van der Waals surface area (Å²) in [5.74, 6) is -0.253. The molecule has 8 nitrogen and oxygen atoms in total. The summed E-state index contributed by atoms with van der Waals surface area (Å²) in [6.07, 6.45) is 13.8. The van der Waals surface area contributed by atoms with E-state index in [0.29, 0.717) is 17.1 Å². The molecule has 1 unspecified atom stereocenters. The summed E-state index contributed by atoms with van der Waals surface area (Å²) < 4.78 is 15.9. The number of alkyl carbamates (subject to hydrolysis) is 1. The first-order chi connectivity index (χ1) is 17.6. The van der Waals surface area contributed by atoms with Crippen molar-refractivity contribution in [3.63, 3.8) is 0 Å². The Morgan fingerprint density at radius 3 is 1.70 bits per heavy atom. The van der Waals surface area contributed by atoms with Crippen molar-refractivity contribution in [1.29, 1.82) is 0 Å². The van der Waals surface area contributed by atoms with E-state index in [1.807, 2.05) is 0 Å². The highest BCUT2D eigenvalue weighted by Gasteiger charge is 2.30. The lowest BCUT2D eigenvalue weighted by molar-refractivity contribution is -0.140. The second-order valence-electron chi connectivity index (χ2n) is 11.0. The van der Waals surface area contributed by atoms with E-state index in [1.165, 1.54) is 78.4 Å². The highest BCUT2D eigenvalue weighted by molar-refractivity contribution is 5.80. The Kier molecular flexibility index (Phi) is 12.5. The number of aliphatic carboxylic acids is 1. The number of benzene rings is 1. The van der Waals surface area contributed by atoms with E-state index in [9.17, 15) is 9.59 Å². The maximum atomic E-state index is 12.1. The number of rotatable bonds is 9. The summed E-state index contributed by atoms with van der Waals surface area (Å²) in [6.45, 7) is 6.81. The molecule has 2 aliphatic rings. The molecule has 8 heteroatoms. The number of methoxy groups -OCH3 is 2. The molecule has 210 valence electrons. The number of carbonyl (C=O) groups is 2. The zero-order valence-corrected chi connectivity index (χ0v) is 23.6. The average Bonchev–Trinajstić information content (AvgIpc) is 2.88. The first-order valence-electron chi connectivity index (χ1n) is 13.8. The smallest absolute Gasteiger partial charge is 0.408 e. The third-order valence-corrected chi connectivity index (χ3v) is 7.28. The number of ether oxygens (including phenoxy) is 3. The molecule has 2 aliphatic carbocycles. The summed E-state index contributed by atoms with van der Waals surface area (Å²) in [5.41, 5.74) is -0.350. The molecule has 2 saturated carbocycles. The van der Waals surface area contributed by atoms with Crippen LogP contribution in [-0.2, 0) is 15.1 Å². The molecule has 0 spiro atoms. The van der Waals surface area contributed by atoms with E-state index in [0.717, 1.165) is 12.1 Å². The van der Waals surface area contributed by atoms with Gasteiger partial charge in [0.25, 0.3) is 0 Å². The van der Waals surface area contributed by atoms with Gasteiger partial charge < -0.3 is 30.0 Å². The van der Waals surface area contributed by atoms with Crippen LogP contribution in [0, 0.1) is 5.92 Å². The van der Waals surface area contributed by atoms with E-state index < -0.39 is 23.7 Å². The first-order valence-corrected chi connectivity index (χ1v) is 13.8. The van der Waals surface area contributed by atoms with Crippen LogP contribution in [0.3, 0.4) is 0 Å². The third-order valence-electron chi connectivity index (χ3n) is 7.28. The van der Waals surface area contributed by atoms with Gasteiger partial charge in [-0.15, -0.1) is 0 Å². The van der Waals surface area contributed by atoms with Crippen molar-refractivity contribution in [2.24, 2.45) is 5.92 Å². The van der Waals surface area contributed by atoms with E-state index in [4.69, 9.17) is 19.3 Å². The lowest BCUT2D eigenvalue weighted by atomic mass is 9.91. The van der Waals surface area contributed by atoms with Crippen LogP contribution in [-0.4, -0.2) is 49.5 Å². The Morgan fingerprint density at radius 1 is 0.865 bits per heavy atom. The molecule has 0 aliphatic heterocycles. The van der Waals surface area contributed by atoms with Crippen LogP contribution in [0.15, 0.2) is 18.2 Å². The number of carbonyl (C=O) groups excluding carboxylic acids is 1. The van der Waals surface area contributed by atoms with Crippen molar-refractivity contribution in [2.45, 2.75) is 116 Å². The maximum absolute atomic E-state index is 12.1. The van der Waals surface area contributed by atoms with Gasteiger partial charge in [-0.3, -0.25) is 0 Å². The van der Waals surface area contributed by atoms with Crippen LogP contribution >= 0.6 is 0 Å². The van der Waals surface area contributed by atoms with Gasteiger partial charge in [0.2, 0.25) is 0 Å². The molecule has 37 heavy (non-hydrogen) atoms. The molecule has 0 saturated heterocycles. The zero-order valence-electron chi connectivity index (χ0n) is 23.6. The molecule has 1 aromatic carbocycles. The number of carboxylic acids is 1. The number of hydrogen-bond acceptors (Lipinski definition) is 6. The molecule has 1 aromatic rings. The third kappa shape index (κ3) is 10.4. The predicted octanol–water partition coefficient (Wildman–Crippen LogP) is 6.02. The minimum Gasteiger partial charge on any atom is -0.497 e. The van der Waals surface area contributed by atoms with Gasteiger partial charge in [-0.25, -0.2) is 9.59 Å². The molecule has 1 atom stereocenters. The summed E-state index contributed by atoms with van der Waals surface area (Å²) >= 11 is 0. The van der Waals surface area contributed by atoms with Crippen molar-refractivity contribution in [3.05, 3.63) is 23.8 Å². The molecule has 0 bridgehead atoms. The Balaban J connectivity index is 0.000000308. The van der Waals surface area contributed by atoms with Gasteiger partial charge in [0, 0.05) is 23.7 Å². The zero-order chi connectivity index (χ0) is 27.4. The molecular weight excluding hydrogens is 472 g/mol. The number of hydrogen-bond donors (Lipinski definition) is 3. The van der Waals surface area contributed by atoms with Crippen LogP contribution in [0.25, 0.3) is 0 Å². The number of nitrogens with one attached hydrogen (secondary N) is 2. The second-order valence-corrected chi connectivity index (χ2v) is 11.0. The Morgan fingerprint density at radius 2 is 1.32 bits per heavy atom. The molecule has 1 amide bonds. The Hall–Kier alpha value is -2.48. The normalized spacial score (nSPS) is 17.8. The van der Waals surface area contributed by atoms with Crippen LogP contribution < -0.4 is 20.1 Å². The molecule has 0 heterocycles. The van der Waals surface area contributed by atoms with E-state index in [2.05, 4.69) is 10.6 Å². The minimum absolute atomic E-state index is 0.268. The fraction of sp³-hybridized carbons (Fsp3) is 0.724. The molecule has 3 rings (SSSR count). The highest BCUT2D eigenvalue weighted by Crippen LogP contribution is 2.32. The fourth-order valence-electron chi connectivity index (χ4n) is 4.99. The van der Waals surface area contributed by atoms with Crippen molar-refractivity contribution in [3.8, 4) is 11.5 Å². The standard InChI is InChI=1S/C17H25NO6.C12H23N/c1-10(2)14(15(19)20)18-16(21)24-17(3,4)11-7-12(22-5)9-13(8-11)23-6;1-3-7-11(8-4-1)13-12-9-5-2-6-10-12/h7-10,14H,1-6H3,(H,18,21)(H,19,20);11-13H,1-10H2. The van der Waals surface area contributed by atoms with Gasteiger partial charge in [0.1, 0.15) is 23.1 Å². The van der Waals surface area contributed by atoms with Crippen molar-refractivity contribution in [2.75, 3.05) is 14.2 Å². The van der Waals surface area contributed by atoms with E-state index in [1.54, 1.807) is 45.9 Å². The Labute approximate surface area is 222 Å². The summed E-state index contributed by atoms with van der Waals surface area (Å²) in [5, 5.41) is 15.4. The van der Waals surface area contributed by atoms with Crippen molar-refractivity contribution in [1.82, 2.24) is 10.6 Å². The van der Waals surface area contributed by atoms with Crippen LogP contribution in [0.2, 0.25) is 0 Å². The summed E-state index contributed by atoms with van der Waals surface area (Å²) in [7, 11) is 3.05. The van der Waals surface area contributed by atoms with Gasteiger partial charge in [0.05, 0.1) is 14.2 Å². The van der Waals surface area contributed by atoms with Crippen LogP contribution in [0.1, 0.15) is 97.5 Å². The number of amides is 1. The Bertz CT molecular complexity index is 807. The quantitative estimate of drug-likeness (QED) is 0.366. The van der Waals surface area contributed by atoms with Gasteiger partial charge in [-0.1, -0.05) is 52.4 Å². The van der Waals surface area contributed by atoms with Crippen LogP contribution in [0.4, 0.5) is 4.79 Å². The topological polar surface area (TPSA) is 106 Å². The van der Waals surface area contributed by atoms with Gasteiger partial charge in [0.15, 0.2) is 0 Å². The van der Waals surface area contributed by atoms with E-state index in [-0.39, 0.29) is 5.92 Å². The monoisotopic (exact) mass is 520 g/mol. The predicted molar refractivity (Wildman–Crippen MR) is 145 cm³/mol. The molecular formula is C29H48N2O6. The first kappa shape index (κ1) is 30.7. The largest absolute Gasteiger partial charge is 0.497 e. The van der Waals surface area contributed by atoms with Gasteiger partial charge in [-0.05, 0) is 57.6 Å². The molecule has 2 fully saturated rings. The lowest BCUT2D eigenvalue weighted by Crippen LogP contribution is -2.46. The van der Waals surface area contributed by atoms with E-state index >= 15 is 0 Å². The van der Waals surface area contributed by atoms with Crippen LogP contribution in [0.5, 0.6) is 11.5 Å². The average molecular weight is 521 g/mol. The molecule has 0 aromatic heterocycles. The molecule has 0 radical (unpaired) electrons. The summed E-state index contributed by atoms with van der Waals surface area (Å²) in [4.78, 5) is 23.3.